The van der Waals surface area contributed by atoms with Gasteiger partial charge in [0.1, 0.15) is 5.75 Å². The lowest BCUT2D eigenvalue weighted by atomic mass is 9.89. The average Bonchev–Trinajstić information content (AvgIpc) is 2.96. The van der Waals surface area contributed by atoms with Crippen molar-refractivity contribution in [1.29, 1.82) is 0 Å². The monoisotopic (exact) mass is 273 g/mol. The van der Waals surface area contributed by atoms with Crippen molar-refractivity contribution >= 4 is 0 Å². The van der Waals surface area contributed by atoms with Gasteiger partial charge in [-0.15, -0.1) is 0 Å². The van der Waals surface area contributed by atoms with Crippen molar-refractivity contribution in [3.8, 4) is 5.75 Å². The second-order valence-corrected chi connectivity index (χ2v) is 6.34. The first-order valence-electron chi connectivity index (χ1n) is 8.36. The molecule has 20 heavy (non-hydrogen) atoms. The minimum absolute atomic E-state index is 0.503. The number of benzene rings is 1. The molecule has 1 atom stereocenters. The maximum atomic E-state index is 5.60. The molecule has 2 heteroatoms. The van der Waals surface area contributed by atoms with Crippen LogP contribution in [-0.4, -0.2) is 13.2 Å². The molecule has 1 aromatic rings. The normalized spacial score (nSPS) is 20.4. The zero-order chi connectivity index (χ0) is 13.8. The fourth-order valence-electron chi connectivity index (χ4n) is 3.62. The molecule has 1 fully saturated rings. The maximum Gasteiger partial charge on any atom is 0.122 e. The molecule has 110 valence electrons. The van der Waals surface area contributed by atoms with Gasteiger partial charge < -0.3 is 10.1 Å². The Balaban J connectivity index is 1.60. The van der Waals surface area contributed by atoms with Crippen LogP contribution in [0.4, 0.5) is 0 Å². The second-order valence-electron chi connectivity index (χ2n) is 6.34. The van der Waals surface area contributed by atoms with Crippen LogP contribution in [0.3, 0.4) is 0 Å². The highest BCUT2D eigenvalue weighted by Gasteiger charge is 2.18. The van der Waals surface area contributed by atoms with Crippen molar-refractivity contribution in [3.63, 3.8) is 0 Å². The van der Waals surface area contributed by atoms with E-state index in [1.54, 1.807) is 0 Å². The molecule has 0 saturated heterocycles. The summed E-state index contributed by atoms with van der Waals surface area (Å²) in [6, 6.07) is 7.25. The molecule has 3 rings (SSSR count). The molecule has 1 aliphatic heterocycles. The van der Waals surface area contributed by atoms with E-state index in [9.17, 15) is 0 Å². The van der Waals surface area contributed by atoms with Crippen LogP contribution < -0.4 is 10.1 Å². The Labute approximate surface area is 122 Å². The van der Waals surface area contributed by atoms with E-state index in [-0.39, 0.29) is 0 Å². The fraction of sp³-hybridized carbons (Fsp3) is 0.667. The first-order chi connectivity index (χ1) is 9.86. The van der Waals surface area contributed by atoms with Crippen LogP contribution in [-0.2, 0) is 6.42 Å². The number of rotatable bonds is 5. The van der Waals surface area contributed by atoms with E-state index >= 15 is 0 Å². The Hall–Kier alpha value is -1.02. The molecule has 1 aliphatic carbocycles. The Morgan fingerprint density at radius 2 is 2.10 bits per heavy atom. The molecule has 0 amide bonds. The standard InChI is InChI=1S/C18H27NO/c1-2-17(19-13-14-6-4-3-5-7-14)15-8-9-18-16(12-15)10-11-20-18/h8-9,12,14,17,19H,2-7,10-11,13H2,1H3. The summed E-state index contributed by atoms with van der Waals surface area (Å²) >= 11 is 0. The van der Waals surface area contributed by atoms with Gasteiger partial charge in [0.25, 0.3) is 0 Å². The van der Waals surface area contributed by atoms with Crippen LogP contribution in [0.15, 0.2) is 18.2 Å². The Morgan fingerprint density at radius 3 is 2.90 bits per heavy atom. The lowest BCUT2D eigenvalue weighted by Crippen LogP contribution is -2.28. The van der Waals surface area contributed by atoms with E-state index in [1.165, 1.54) is 49.8 Å². The highest BCUT2D eigenvalue weighted by Crippen LogP contribution is 2.30. The zero-order valence-corrected chi connectivity index (χ0v) is 12.7. The SMILES string of the molecule is CCC(NCC1CCCCC1)c1ccc2c(c1)CCO2. The van der Waals surface area contributed by atoms with Gasteiger partial charge in [-0.2, -0.15) is 0 Å². The van der Waals surface area contributed by atoms with Crippen molar-refractivity contribution in [3.05, 3.63) is 29.3 Å². The summed E-state index contributed by atoms with van der Waals surface area (Å²) in [5.74, 6) is 1.99. The maximum absolute atomic E-state index is 5.60. The molecule has 0 spiro atoms. The summed E-state index contributed by atoms with van der Waals surface area (Å²) in [4.78, 5) is 0. The Morgan fingerprint density at radius 1 is 1.25 bits per heavy atom. The molecule has 1 aromatic carbocycles. The van der Waals surface area contributed by atoms with Crippen LogP contribution in [0.25, 0.3) is 0 Å². The molecule has 0 aromatic heterocycles. The third kappa shape index (κ3) is 3.17. The van der Waals surface area contributed by atoms with Gasteiger partial charge >= 0.3 is 0 Å². The summed E-state index contributed by atoms with van der Waals surface area (Å²) in [5.41, 5.74) is 2.83. The third-order valence-corrected chi connectivity index (χ3v) is 4.90. The lowest BCUT2D eigenvalue weighted by molar-refractivity contribution is 0.326. The van der Waals surface area contributed by atoms with Gasteiger partial charge in [0.05, 0.1) is 6.61 Å². The second kappa shape index (κ2) is 6.62. The molecule has 1 saturated carbocycles. The van der Waals surface area contributed by atoms with Crippen LogP contribution >= 0.6 is 0 Å². The molecular weight excluding hydrogens is 246 g/mol. The molecule has 1 N–H and O–H groups in total. The highest BCUT2D eigenvalue weighted by atomic mass is 16.5. The van der Waals surface area contributed by atoms with Crippen LogP contribution in [0.1, 0.15) is 62.6 Å². The number of ether oxygens (including phenoxy) is 1. The van der Waals surface area contributed by atoms with Crippen LogP contribution in [0.5, 0.6) is 5.75 Å². The van der Waals surface area contributed by atoms with Crippen molar-refractivity contribution in [1.82, 2.24) is 5.32 Å². The predicted octanol–water partition coefficient (Wildman–Crippen LogP) is 4.24. The van der Waals surface area contributed by atoms with Gasteiger partial charge in [-0.1, -0.05) is 38.3 Å². The van der Waals surface area contributed by atoms with Gasteiger partial charge in [0.15, 0.2) is 0 Å². The number of hydrogen-bond acceptors (Lipinski definition) is 2. The van der Waals surface area contributed by atoms with Gasteiger partial charge in [0, 0.05) is 12.5 Å². The van der Waals surface area contributed by atoms with Gasteiger partial charge in [-0.25, -0.2) is 0 Å². The number of hydrogen-bond donors (Lipinski definition) is 1. The Bertz CT molecular complexity index is 437. The van der Waals surface area contributed by atoms with Crippen molar-refractivity contribution in [2.24, 2.45) is 5.92 Å². The summed E-state index contributed by atoms with van der Waals surface area (Å²) < 4.78 is 5.60. The lowest BCUT2D eigenvalue weighted by Gasteiger charge is -2.25. The zero-order valence-electron chi connectivity index (χ0n) is 12.7. The summed E-state index contributed by atoms with van der Waals surface area (Å²) in [6.07, 6.45) is 9.37. The topological polar surface area (TPSA) is 21.3 Å². The molecule has 1 heterocycles. The summed E-state index contributed by atoms with van der Waals surface area (Å²) in [6.45, 7) is 4.32. The van der Waals surface area contributed by atoms with E-state index in [2.05, 4.69) is 30.4 Å². The Kier molecular flexibility index (Phi) is 4.62. The minimum Gasteiger partial charge on any atom is -0.493 e. The van der Waals surface area contributed by atoms with E-state index < -0.39 is 0 Å². The average molecular weight is 273 g/mol. The largest absolute Gasteiger partial charge is 0.493 e. The van der Waals surface area contributed by atoms with Crippen molar-refractivity contribution in [2.45, 2.75) is 57.9 Å². The van der Waals surface area contributed by atoms with E-state index in [4.69, 9.17) is 4.74 Å². The van der Waals surface area contributed by atoms with Crippen molar-refractivity contribution in [2.75, 3.05) is 13.2 Å². The van der Waals surface area contributed by atoms with Gasteiger partial charge in [0.2, 0.25) is 0 Å². The fourth-order valence-corrected chi connectivity index (χ4v) is 3.62. The molecule has 2 nitrogen and oxygen atoms in total. The summed E-state index contributed by atoms with van der Waals surface area (Å²) in [5, 5.41) is 3.81. The minimum atomic E-state index is 0.503. The summed E-state index contributed by atoms with van der Waals surface area (Å²) in [7, 11) is 0. The first-order valence-corrected chi connectivity index (χ1v) is 8.36. The van der Waals surface area contributed by atoms with Crippen molar-refractivity contribution < 1.29 is 4.74 Å². The van der Waals surface area contributed by atoms with Gasteiger partial charge in [-0.05, 0) is 48.9 Å². The van der Waals surface area contributed by atoms with Gasteiger partial charge in [-0.3, -0.25) is 0 Å². The molecule has 1 unspecified atom stereocenters. The highest BCUT2D eigenvalue weighted by molar-refractivity contribution is 5.40. The van der Waals surface area contributed by atoms with Crippen LogP contribution in [0.2, 0.25) is 0 Å². The van der Waals surface area contributed by atoms with E-state index in [0.29, 0.717) is 6.04 Å². The number of fused-ring (bicyclic) bond motifs is 1. The quantitative estimate of drug-likeness (QED) is 0.866. The van der Waals surface area contributed by atoms with E-state index in [1.807, 2.05) is 0 Å². The smallest absolute Gasteiger partial charge is 0.122 e. The number of nitrogens with one attached hydrogen (secondary N) is 1. The first kappa shape index (κ1) is 13.9. The molecule has 0 radical (unpaired) electrons. The third-order valence-electron chi connectivity index (χ3n) is 4.90. The van der Waals surface area contributed by atoms with Crippen LogP contribution in [0, 0.1) is 5.92 Å². The molecule has 0 bridgehead atoms. The predicted molar refractivity (Wildman–Crippen MR) is 83.3 cm³/mol. The molecule has 2 aliphatic rings. The van der Waals surface area contributed by atoms with E-state index in [0.717, 1.165) is 31.1 Å². The molecular formula is C18H27NO.